The van der Waals surface area contributed by atoms with Gasteiger partial charge in [0.15, 0.2) is 11.5 Å². The molecule has 122 valence electrons. The molecule has 2 aliphatic rings. The van der Waals surface area contributed by atoms with Crippen molar-refractivity contribution in [2.75, 3.05) is 6.79 Å². The van der Waals surface area contributed by atoms with Gasteiger partial charge in [-0.1, -0.05) is 19.3 Å². The third-order valence-corrected chi connectivity index (χ3v) is 4.08. The van der Waals surface area contributed by atoms with E-state index in [9.17, 15) is 14.9 Å². The Kier molecular flexibility index (Phi) is 4.45. The molecule has 1 aliphatic heterocycles. The predicted molar refractivity (Wildman–Crippen MR) is 83.3 cm³/mol. The molecule has 1 N–H and O–H groups in total. The van der Waals surface area contributed by atoms with Gasteiger partial charge in [0.2, 0.25) is 12.7 Å². The van der Waals surface area contributed by atoms with E-state index >= 15 is 0 Å². The standard InChI is InChI=1S/C16H18N2O5/c19-16(17-12-4-2-1-3-5-12)7-6-11-8-14-15(23-10-22-14)9-13(11)18(20)21/h6-9,12H,1-5,10H2,(H,17,19). The zero-order valence-electron chi connectivity index (χ0n) is 12.6. The number of hydrogen-bond acceptors (Lipinski definition) is 5. The van der Waals surface area contributed by atoms with E-state index in [-0.39, 0.29) is 24.4 Å². The zero-order valence-corrected chi connectivity index (χ0v) is 12.6. The molecule has 0 radical (unpaired) electrons. The van der Waals surface area contributed by atoms with Crippen LogP contribution in [0.5, 0.6) is 11.5 Å². The van der Waals surface area contributed by atoms with Crippen LogP contribution >= 0.6 is 0 Å². The van der Waals surface area contributed by atoms with Gasteiger partial charge in [-0.15, -0.1) is 0 Å². The number of fused-ring (bicyclic) bond motifs is 1. The number of hydrogen-bond donors (Lipinski definition) is 1. The van der Waals surface area contributed by atoms with Crippen molar-refractivity contribution in [3.8, 4) is 11.5 Å². The Bertz CT molecular complexity index is 650. The van der Waals surface area contributed by atoms with Crippen LogP contribution in [0.1, 0.15) is 37.7 Å². The second kappa shape index (κ2) is 6.68. The quantitative estimate of drug-likeness (QED) is 0.523. The number of benzene rings is 1. The summed E-state index contributed by atoms with van der Waals surface area (Å²) in [6.07, 6.45) is 8.22. The summed E-state index contributed by atoms with van der Waals surface area (Å²) in [5.74, 6) is 0.562. The fourth-order valence-electron chi connectivity index (χ4n) is 2.90. The summed E-state index contributed by atoms with van der Waals surface area (Å²) in [5, 5.41) is 14.1. The fourth-order valence-corrected chi connectivity index (χ4v) is 2.90. The molecular formula is C16H18N2O5. The summed E-state index contributed by atoms with van der Waals surface area (Å²) in [6.45, 7) is 0.0435. The van der Waals surface area contributed by atoms with Gasteiger partial charge in [0.05, 0.1) is 16.6 Å². The smallest absolute Gasteiger partial charge is 0.280 e. The van der Waals surface area contributed by atoms with Crippen LogP contribution in [-0.4, -0.2) is 23.7 Å². The number of nitrogens with one attached hydrogen (secondary N) is 1. The number of carbonyl (C=O) groups excluding carboxylic acids is 1. The zero-order chi connectivity index (χ0) is 16.2. The first-order valence-electron chi connectivity index (χ1n) is 7.70. The summed E-state index contributed by atoms with van der Waals surface area (Å²) >= 11 is 0. The lowest BCUT2D eigenvalue weighted by atomic mass is 9.95. The van der Waals surface area contributed by atoms with Crippen LogP contribution in [0.15, 0.2) is 18.2 Å². The number of carbonyl (C=O) groups is 1. The van der Waals surface area contributed by atoms with Crippen LogP contribution in [0.4, 0.5) is 5.69 Å². The fraction of sp³-hybridized carbons (Fsp3) is 0.438. The molecular weight excluding hydrogens is 300 g/mol. The van der Waals surface area contributed by atoms with Gasteiger partial charge in [-0.2, -0.15) is 0 Å². The molecule has 1 aliphatic carbocycles. The maximum absolute atomic E-state index is 12.0. The topological polar surface area (TPSA) is 90.7 Å². The molecule has 1 aromatic rings. The molecule has 0 spiro atoms. The third-order valence-electron chi connectivity index (χ3n) is 4.08. The Hall–Kier alpha value is -2.57. The second-order valence-corrected chi connectivity index (χ2v) is 5.70. The molecule has 1 heterocycles. The van der Waals surface area contributed by atoms with Crippen molar-refractivity contribution < 1.29 is 19.2 Å². The van der Waals surface area contributed by atoms with Gasteiger partial charge in [-0.3, -0.25) is 14.9 Å². The van der Waals surface area contributed by atoms with Crippen molar-refractivity contribution in [1.29, 1.82) is 0 Å². The van der Waals surface area contributed by atoms with Crippen molar-refractivity contribution in [2.24, 2.45) is 0 Å². The van der Waals surface area contributed by atoms with E-state index in [1.54, 1.807) is 0 Å². The maximum atomic E-state index is 12.0. The van der Waals surface area contributed by atoms with Crippen LogP contribution in [0.3, 0.4) is 0 Å². The predicted octanol–water partition coefficient (Wildman–Crippen LogP) is 2.79. The molecule has 1 saturated carbocycles. The van der Waals surface area contributed by atoms with Gasteiger partial charge in [0, 0.05) is 12.1 Å². The summed E-state index contributed by atoms with van der Waals surface area (Å²) in [7, 11) is 0. The van der Waals surface area contributed by atoms with Crippen LogP contribution < -0.4 is 14.8 Å². The lowest BCUT2D eigenvalue weighted by molar-refractivity contribution is -0.385. The lowest BCUT2D eigenvalue weighted by Gasteiger charge is -2.21. The molecule has 1 fully saturated rings. The second-order valence-electron chi connectivity index (χ2n) is 5.70. The number of nitro groups is 1. The van der Waals surface area contributed by atoms with E-state index < -0.39 is 4.92 Å². The molecule has 0 atom stereocenters. The molecule has 23 heavy (non-hydrogen) atoms. The Morgan fingerprint density at radius 1 is 1.22 bits per heavy atom. The minimum atomic E-state index is -0.499. The third kappa shape index (κ3) is 3.61. The van der Waals surface area contributed by atoms with Gasteiger partial charge in [0.1, 0.15) is 0 Å². The largest absolute Gasteiger partial charge is 0.454 e. The van der Waals surface area contributed by atoms with Gasteiger partial charge in [-0.25, -0.2) is 0 Å². The Morgan fingerprint density at radius 3 is 2.61 bits per heavy atom. The summed E-state index contributed by atoms with van der Waals surface area (Å²) in [5.41, 5.74) is 0.203. The van der Waals surface area contributed by atoms with Crippen LogP contribution in [0.25, 0.3) is 6.08 Å². The van der Waals surface area contributed by atoms with E-state index in [1.807, 2.05) is 0 Å². The van der Waals surface area contributed by atoms with Crippen LogP contribution in [0, 0.1) is 10.1 Å². The van der Waals surface area contributed by atoms with Gasteiger partial charge in [-0.05, 0) is 25.0 Å². The van der Waals surface area contributed by atoms with Gasteiger partial charge < -0.3 is 14.8 Å². The molecule has 0 aromatic heterocycles. The average Bonchev–Trinajstić information content (AvgIpc) is 3.00. The van der Waals surface area contributed by atoms with Crippen LogP contribution in [-0.2, 0) is 4.79 Å². The number of amides is 1. The van der Waals surface area contributed by atoms with Crippen LogP contribution in [0.2, 0.25) is 0 Å². The average molecular weight is 318 g/mol. The van der Waals surface area contributed by atoms with Crippen molar-refractivity contribution >= 4 is 17.7 Å². The Labute approximate surface area is 133 Å². The highest BCUT2D eigenvalue weighted by molar-refractivity contribution is 5.92. The minimum Gasteiger partial charge on any atom is -0.454 e. The molecule has 7 heteroatoms. The minimum absolute atomic E-state index is 0.0435. The van der Waals surface area contributed by atoms with E-state index in [0.717, 1.165) is 25.7 Å². The maximum Gasteiger partial charge on any atom is 0.280 e. The molecule has 1 aromatic carbocycles. The van der Waals surface area contributed by atoms with E-state index in [4.69, 9.17) is 9.47 Å². The van der Waals surface area contributed by atoms with Crippen molar-refractivity contribution in [1.82, 2.24) is 5.32 Å². The van der Waals surface area contributed by atoms with Crippen molar-refractivity contribution in [2.45, 2.75) is 38.1 Å². The van der Waals surface area contributed by atoms with Crippen molar-refractivity contribution in [3.63, 3.8) is 0 Å². The number of rotatable bonds is 4. The van der Waals surface area contributed by atoms with E-state index in [2.05, 4.69) is 5.32 Å². The number of nitrogens with zero attached hydrogens (tertiary/aromatic N) is 1. The Balaban J connectivity index is 1.73. The molecule has 0 bridgehead atoms. The number of nitro benzene ring substituents is 1. The monoisotopic (exact) mass is 318 g/mol. The highest BCUT2D eigenvalue weighted by Gasteiger charge is 2.22. The molecule has 0 unspecified atom stereocenters. The van der Waals surface area contributed by atoms with E-state index in [1.165, 1.54) is 30.7 Å². The van der Waals surface area contributed by atoms with Gasteiger partial charge in [0.25, 0.3) is 5.69 Å². The van der Waals surface area contributed by atoms with Crippen molar-refractivity contribution in [3.05, 3.63) is 33.9 Å². The molecule has 7 nitrogen and oxygen atoms in total. The molecule has 1 amide bonds. The Morgan fingerprint density at radius 2 is 1.91 bits per heavy atom. The van der Waals surface area contributed by atoms with E-state index in [0.29, 0.717) is 17.1 Å². The summed E-state index contributed by atoms with van der Waals surface area (Å²) in [6, 6.07) is 3.04. The highest BCUT2D eigenvalue weighted by atomic mass is 16.7. The summed E-state index contributed by atoms with van der Waals surface area (Å²) < 4.78 is 10.4. The summed E-state index contributed by atoms with van der Waals surface area (Å²) in [4.78, 5) is 22.6. The normalized spacial score (nSPS) is 17.4. The first-order valence-corrected chi connectivity index (χ1v) is 7.70. The molecule has 3 rings (SSSR count). The first kappa shape index (κ1) is 15.3. The van der Waals surface area contributed by atoms with Gasteiger partial charge >= 0.3 is 0 Å². The first-order chi connectivity index (χ1) is 11.1. The molecule has 0 saturated heterocycles. The highest BCUT2D eigenvalue weighted by Crippen LogP contribution is 2.38. The SMILES string of the molecule is O=C(C=Cc1cc2c(cc1[N+](=O)[O-])OCO2)NC1CCCCC1. The lowest BCUT2D eigenvalue weighted by Crippen LogP contribution is -2.34. The number of ether oxygens (including phenoxy) is 2.